The molecule has 2 heterocycles. The van der Waals surface area contributed by atoms with Gasteiger partial charge in [-0.05, 0) is 110 Å². The van der Waals surface area contributed by atoms with Gasteiger partial charge in [-0.25, -0.2) is 0 Å². The molecule has 0 aliphatic heterocycles. The number of aromatic nitrogens is 2. The number of fused-ring (bicyclic) bond motifs is 6. The third-order valence-corrected chi connectivity index (χ3v) is 12.0. The maximum atomic E-state index is 11.1. The van der Waals surface area contributed by atoms with Crippen molar-refractivity contribution in [2.45, 2.75) is 13.8 Å². The van der Waals surface area contributed by atoms with Crippen molar-refractivity contribution in [1.29, 1.82) is 5.26 Å². The van der Waals surface area contributed by atoms with Crippen molar-refractivity contribution in [3.8, 4) is 39.7 Å². The number of rotatable bonds is 7. The molecule has 11 aromatic rings. The number of nitrogens with zero attached hydrogens (tertiary/aromatic N) is 4. The Kier molecular flexibility index (Phi) is 8.62. The van der Waals surface area contributed by atoms with E-state index in [0.29, 0.717) is 5.56 Å². The zero-order chi connectivity index (χ0) is 41.0. The normalized spacial score (nSPS) is 11.4. The van der Waals surface area contributed by atoms with E-state index >= 15 is 0 Å². The summed E-state index contributed by atoms with van der Waals surface area (Å²) in [6.45, 7) is 4.30. The van der Waals surface area contributed by atoms with E-state index in [4.69, 9.17) is 0 Å². The SMILES string of the molecule is Cc1ccc2c(c1)c1cc(C)ccc1n2-c1ccccc1-c1cccc(-c2cccc(-n3c4ccccc4c4cc(N(c5ccccc5)c5ccccc5)ccc43)c2)c1C#N. The first-order valence-corrected chi connectivity index (χ1v) is 20.7. The minimum Gasteiger partial charge on any atom is -0.310 e. The second-order valence-electron chi connectivity index (χ2n) is 15.8. The Hall–Kier alpha value is -8.13. The van der Waals surface area contributed by atoms with E-state index in [0.717, 1.165) is 72.8 Å². The molecule has 0 aliphatic carbocycles. The molecule has 4 nitrogen and oxygen atoms in total. The molecule has 0 aliphatic rings. The molecule has 0 radical (unpaired) electrons. The van der Waals surface area contributed by atoms with E-state index in [1.807, 2.05) is 0 Å². The van der Waals surface area contributed by atoms with Gasteiger partial charge >= 0.3 is 0 Å². The summed E-state index contributed by atoms with van der Waals surface area (Å²) in [7, 11) is 0. The van der Waals surface area contributed by atoms with Gasteiger partial charge < -0.3 is 14.0 Å². The Morgan fingerprint density at radius 3 is 1.64 bits per heavy atom. The standard InChI is InChI=1S/C57H40N4/c1-38-27-30-56-49(33-38)50-34-39(2)28-31-57(50)61(56)54-26-12-9-21-47(54)46-24-14-23-45(52(46)37-58)40-15-13-20-43(35-40)60-53-25-11-10-22-48(53)51-36-44(29-32-55(51)60)59(41-16-5-3-6-17-41)42-18-7-4-8-19-42/h3-36H,1-2H3. The molecular formula is C57H40N4. The van der Waals surface area contributed by atoms with Crippen molar-refractivity contribution in [2.24, 2.45) is 0 Å². The van der Waals surface area contributed by atoms with Crippen molar-refractivity contribution in [2.75, 3.05) is 4.90 Å². The van der Waals surface area contributed by atoms with Crippen LogP contribution in [-0.2, 0) is 0 Å². The zero-order valence-corrected chi connectivity index (χ0v) is 33.9. The van der Waals surface area contributed by atoms with Gasteiger partial charge in [0.2, 0.25) is 0 Å². The summed E-state index contributed by atoms with van der Waals surface area (Å²) >= 11 is 0. The lowest BCUT2D eigenvalue weighted by molar-refractivity contribution is 1.18. The fourth-order valence-electron chi connectivity index (χ4n) is 9.34. The highest BCUT2D eigenvalue weighted by Crippen LogP contribution is 2.42. The topological polar surface area (TPSA) is 36.9 Å². The molecular weight excluding hydrogens is 741 g/mol. The quantitative estimate of drug-likeness (QED) is 0.161. The van der Waals surface area contributed by atoms with Gasteiger partial charge in [-0.15, -0.1) is 0 Å². The van der Waals surface area contributed by atoms with Crippen molar-refractivity contribution in [3.05, 3.63) is 223 Å². The number of anilines is 3. The van der Waals surface area contributed by atoms with Crippen LogP contribution in [0.15, 0.2) is 206 Å². The van der Waals surface area contributed by atoms with Crippen molar-refractivity contribution < 1.29 is 0 Å². The number of benzene rings is 9. The van der Waals surface area contributed by atoms with Crippen LogP contribution < -0.4 is 4.90 Å². The van der Waals surface area contributed by atoms with Gasteiger partial charge in [0.15, 0.2) is 0 Å². The molecule has 0 saturated heterocycles. The summed E-state index contributed by atoms with van der Waals surface area (Å²) in [4.78, 5) is 2.31. The first kappa shape index (κ1) is 36.0. The predicted octanol–water partition coefficient (Wildman–Crippen LogP) is 15.2. The zero-order valence-electron chi connectivity index (χ0n) is 33.9. The van der Waals surface area contributed by atoms with E-state index in [-0.39, 0.29) is 0 Å². The molecule has 0 saturated carbocycles. The summed E-state index contributed by atoms with van der Waals surface area (Å²) in [5.74, 6) is 0. The third kappa shape index (κ3) is 5.98. The van der Waals surface area contributed by atoms with Gasteiger partial charge in [-0.1, -0.05) is 126 Å². The lowest BCUT2D eigenvalue weighted by Crippen LogP contribution is -2.09. The minimum absolute atomic E-state index is 0.647. The van der Waals surface area contributed by atoms with Crippen LogP contribution >= 0.6 is 0 Å². The summed E-state index contributed by atoms with van der Waals surface area (Å²) in [5.41, 5.74) is 16.8. The van der Waals surface area contributed by atoms with Gasteiger partial charge in [0, 0.05) is 61.0 Å². The monoisotopic (exact) mass is 780 g/mol. The molecule has 11 rings (SSSR count). The second-order valence-corrected chi connectivity index (χ2v) is 15.8. The highest BCUT2D eigenvalue weighted by molar-refractivity contribution is 6.12. The predicted molar refractivity (Wildman–Crippen MR) is 255 cm³/mol. The fourth-order valence-corrected chi connectivity index (χ4v) is 9.34. The Morgan fingerprint density at radius 1 is 0.393 bits per heavy atom. The van der Waals surface area contributed by atoms with Crippen molar-refractivity contribution in [1.82, 2.24) is 9.13 Å². The highest BCUT2D eigenvalue weighted by atomic mass is 15.1. The Morgan fingerprint density at radius 2 is 0.934 bits per heavy atom. The Balaban J connectivity index is 1.06. The molecule has 0 fully saturated rings. The molecule has 0 spiro atoms. The van der Waals surface area contributed by atoms with Crippen LogP contribution in [-0.4, -0.2) is 9.13 Å². The number of para-hydroxylation sites is 4. The van der Waals surface area contributed by atoms with Crippen LogP contribution in [0.25, 0.3) is 77.2 Å². The molecule has 0 N–H and O–H groups in total. The van der Waals surface area contributed by atoms with Crippen LogP contribution in [0.4, 0.5) is 17.1 Å². The van der Waals surface area contributed by atoms with Crippen molar-refractivity contribution in [3.63, 3.8) is 0 Å². The van der Waals surface area contributed by atoms with Gasteiger partial charge in [0.1, 0.15) is 6.07 Å². The number of aryl methyl sites for hydroxylation is 2. The molecule has 4 heteroatoms. The van der Waals surface area contributed by atoms with Gasteiger partial charge in [-0.2, -0.15) is 5.26 Å². The van der Waals surface area contributed by atoms with E-state index < -0.39 is 0 Å². The molecule has 9 aromatic carbocycles. The number of nitriles is 1. The van der Waals surface area contributed by atoms with E-state index in [1.165, 1.54) is 32.7 Å². The van der Waals surface area contributed by atoms with E-state index in [1.54, 1.807) is 0 Å². The number of hydrogen-bond donors (Lipinski definition) is 0. The second kappa shape index (κ2) is 14.6. The van der Waals surface area contributed by atoms with E-state index in [9.17, 15) is 5.26 Å². The average molecular weight is 781 g/mol. The Bertz CT molecular complexity index is 3410. The molecule has 288 valence electrons. The lowest BCUT2D eigenvalue weighted by Gasteiger charge is -2.25. The third-order valence-electron chi connectivity index (χ3n) is 12.0. The van der Waals surface area contributed by atoms with Crippen LogP contribution in [0.2, 0.25) is 0 Å². The maximum Gasteiger partial charge on any atom is 0.100 e. The van der Waals surface area contributed by atoms with Crippen molar-refractivity contribution >= 4 is 60.7 Å². The van der Waals surface area contributed by atoms with Gasteiger partial charge in [-0.3, -0.25) is 0 Å². The summed E-state index contributed by atoms with van der Waals surface area (Å²) in [5, 5.41) is 15.9. The molecule has 0 atom stereocenters. The molecule has 0 bridgehead atoms. The Labute approximate surface area is 355 Å². The summed E-state index contributed by atoms with van der Waals surface area (Å²) in [6.07, 6.45) is 0. The van der Waals surface area contributed by atoms with Crippen LogP contribution in [0.5, 0.6) is 0 Å². The summed E-state index contributed by atoms with van der Waals surface area (Å²) < 4.78 is 4.71. The first-order valence-electron chi connectivity index (χ1n) is 20.7. The fraction of sp³-hybridized carbons (Fsp3) is 0.0351. The minimum atomic E-state index is 0.647. The van der Waals surface area contributed by atoms with Gasteiger partial charge in [0.05, 0.1) is 33.3 Å². The summed E-state index contributed by atoms with van der Waals surface area (Å²) in [6, 6.07) is 75.9. The van der Waals surface area contributed by atoms with Crippen LogP contribution in [0, 0.1) is 25.2 Å². The molecule has 0 amide bonds. The highest BCUT2D eigenvalue weighted by Gasteiger charge is 2.21. The number of hydrogen-bond acceptors (Lipinski definition) is 2. The van der Waals surface area contributed by atoms with Crippen LogP contribution in [0.3, 0.4) is 0 Å². The molecule has 61 heavy (non-hydrogen) atoms. The largest absolute Gasteiger partial charge is 0.310 e. The maximum absolute atomic E-state index is 11.1. The van der Waals surface area contributed by atoms with Crippen LogP contribution in [0.1, 0.15) is 16.7 Å². The molecule has 0 unspecified atom stereocenters. The average Bonchev–Trinajstić information content (AvgIpc) is 3.81. The lowest BCUT2D eigenvalue weighted by atomic mass is 9.91. The van der Waals surface area contributed by atoms with E-state index in [2.05, 4.69) is 240 Å². The smallest absolute Gasteiger partial charge is 0.100 e. The van der Waals surface area contributed by atoms with Gasteiger partial charge in [0.25, 0.3) is 0 Å². The molecule has 2 aromatic heterocycles. The first-order chi connectivity index (χ1) is 30.1.